The molecule has 7 heteroatoms. The minimum absolute atomic E-state index is 0.159. The van der Waals surface area contributed by atoms with E-state index in [9.17, 15) is 9.59 Å². The zero-order valence-corrected chi connectivity index (χ0v) is 17.3. The highest BCUT2D eigenvalue weighted by atomic mass is 79.9. The zero-order chi connectivity index (χ0) is 19.6. The summed E-state index contributed by atoms with van der Waals surface area (Å²) in [4.78, 5) is 25.9. The monoisotopic (exact) mass is 444 g/mol. The maximum absolute atomic E-state index is 13.0. The summed E-state index contributed by atoms with van der Waals surface area (Å²) in [5.74, 6) is 1.98. The van der Waals surface area contributed by atoms with E-state index in [2.05, 4.69) is 33.2 Å². The number of rotatable bonds is 5. The first kappa shape index (κ1) is 17.9. The number of halogens is 1. The summed E-state index contributed by atoms with van der Waals surface area (Å²) in [6, 6.07) is 3.60. The second-order valence-corrected chi connectivity index (χ2v) is 8.71. The van der Waals surface area contributed by atoms with Crippen LogP contribution in [0.5, 0.6) is 11.5 Å². The van der Waals surface area contributed by atoms with E-state index >= 15 is 0 Å². The summed E-state index contributed by atoms with van der Waals surface area (Å²) in [5, 5.41) is 5.36. The van der Waals surface area contributed by atoms with Crippen molar-refractivity contribution in [2.45, 2.75) is 13.3 Å². The van der Waals surface area contributed by atoms with Gasteiger partial charge in [0, 0.05) is 0 Å². The molecule has 1 saturated heterocycles. The highest BCUT2D eigenvalue weighted by molar-refractivity contribution is 9.10. The summed E-state index contributed by atoms with van der Waals surface area (Å²) in [7, 11) is 1.57. The standard InChI is InChI=1S/C21H21BrN2O4/c1-3-28-19-15(22)6-10(7-16(19)27-2)9-23-24-20(25)17-11-4-5-12(14-8-13(11)14)18(17)21(24)26/h4-7,9,11-14,17-18H,3,8H2,1-2H3/b23-9-/t11-,12-,13-,14-,17+,18+/m0/s1. The SMILES string of the molecule is CCOc1c(Br)cc(/C=N\N2C(=O)[C@@H]3[C@H]4C=C[C@@H]([C@@H]5C[C@@H]45)[C@H]3C2=O)cc1OC. The van der Waals surface area contributed by atoms with E-state index in [1.54, 1.807) is 13.2 Å². The Bertz CT molecular complexity index is 891. The van der Waals surface area contributed by atoms with Crippen molar-refractivity contribution in [3.63, 3.8) is 0 Å². The summed E-state index contributed by atoms with van der Waals surface area (Å²) in [6.45, 7) is 2.41. The first-order valence-corrected chi connectivity index (χ1v) is 10.4. The van der Waals surface area contributed by atoms with Crippen molar-refractivity contribution >= 4 is 34.0 Å². The molecule has 3 fully saturated rings. The third-order valence-corrected chi connectivity index (χ3v) is 7.09. The molecule has 4 aliphatic carbocycles. The highest BCUT2D eigenvalue weighted by Gasteiger charge is 2.67. The number of methoxy groups -OCH3 is 1. The number of hydrazone groups is 1. The molecular formula is C21H21BrN2O4. The van der Waals surface area contributed by atoms with Gasteiger partial charge in [0.25, 0.3) is 11.8 Å². The van der Waals surface area contributed by atoms with Gasteiger partial charge in [-0.3, -0.25) is 9.59 Å². The normalized spacial score (nSPS) is 34.8. The predicted octanol–water partition coefficient (Wildman–Crippen LogP) is 3.24. The number of imide groups is 1. The van der Waals surface area contributed by atoms with Gasteiger partial charge in [0.1, 0.15) is 0 Å². The van der Waals surface area contributed by atoms with Gasteiger partial charge in [-0.1, -0.05) is 12.2 Å². The van der Waals surface area contributed by atoms with Crippen LogP contribution in [0, 0.1) is 35.5 Å². The molecule has 0 radical (unpaired) electrons. The molecule has 1 aromatic carbocycles. The Balaban J connectivity index is 1.41. The lowest BCUT2D eigenvalue weighted by Crippen LogP contribution is -2.40. The molecule has 5 aliphatic rings. The Morgan fingerprint density at radius 2 is 1.82 bits per heavy atom. The fourth-order valence-corrected chi connectivity index (χ4v) is 5.85. The Morgan fingerprint density at radius 3 is 2.39 bits per heavy atom. The molecule has 0 spiro atoms. The van der Waals surface area contributed by atoms with Crippen molar-refractivity contribution in [3.8, 4) is 11.5 Å². The van der Waals surface area contributed by atoms with Crippen LogP contribution in [0.25, 0.3) is 0 Å². The Morgan fingerprint density at radius 1 is 1.18 bits per heavy atom. The number of carbonyl (C=O) groups excluding carboxylic acids is 2. The number of allylic oxidation sites excluding steroid dienone is 2. The number of nitrogens with zero attached hydrogens (tertiary/aromatic N) is 2. The molecule has 0 aromatic heterocycles. The van der Waals surface area contributed by atoms with Gasteiger partial charge < -0.3 is 9.47 Å². The van der Waals surface area contributed by atoms with E-state index in [4.69, 9.17) is 9.47 Å². The van der Waals surface area contributed by atoms with Gasteiger partial charge in [0.05, 0.1) is 36.2 Å². The van der Waals surface area contributed by atoms with E-state index < -0.39 is 0 Å². The second kappa shape index (κ2) is 6.44. The van der Waals surface area contributed by atoms with Crippen molar-refractivity contribution < 1.29 is 19.1 Å². The van der Waals surface area contributed by atoms with Crippen LogP contribution in [0.2, 0.25) is 0 Å². The van der Waals surface area contributed by atoms with E-state index in [-0.39, 0.29) is 35.5 Å². The molecular weight excluding hydrogens is 424 g/mol. The van der Waals surface area contributed by atoms with E-state index in [1.165, 1.54) is 6.21 Å². The summed E-state index contributed by atoms with van der Waals surface area (Å²) >= 11 is 3.48. The van der Waals surface area contributed by atoms with Crippen LogP contribution in [0.4, 0.5) is 0 Å². The summed E-state index contributed by atoms with van der Waals surface area (Å²) < 4.78 is 11.7. The average Bonchev–Trinajstić information content (AvgIpc) is 3.47. The smallest absolute Gasteiger partial charge is 0.254 e. The van der Waals surface area contributed by atoms with Gasteiger partial charge in [0.2, 0.25) is 0 Å². The molecule has 0 unspecified atom stereocenters. The Hall–Kier alpha value is -2.15. The lowest BCUT2D eigenvalue weighted by molar-refractivity contribution is -0.140. The number of benzene rings is 1. The van der Waals surface area contributed by atoms with Crippen molar-refractivity contribution in [1.29, 1.82) is 0 Å². The number of ether oxygens (including phenoxy) is 2. The third-order valence-electron chi connectivity index (χ3n) is 6.50. The predicted molar refractivity (Wildman–Crippen MR) is 106 cm³/mol. The van der Waals surface area contributed by atoms with Crippen molar-refractivity contribution in [1.82, 2.24) is 5.01 Å². The number of amides is 2. The quantitative estimate of drug-likeness (QED) is 0.397. The number of carbonyl (C=O) groups is 2. The molecule has 1 aromatic rings. The lowest BCUT2D eigenvalue weighted by Gasteiger charge is -2.37. The van der Waals surface area contributed by atoms with Crippen LogP contribution >= 0.6 is 15.9 Å². The summed E-state index contributed by atoms with van der Waals surface area (Å²) in [6.07, 6.45) is 7.00. The van der Waals surface area contributed by atoms with Crippen LogP contribution < -0.4 is 9.47 Å². The van der Waals surface area contributed by atoms with Crippen LogP contribution in [0.15, 0.2) is 33.9 Å². The maximum Gasteiger partial charge on any atom is 0.254 e. The van der Waals surface area contributed by atoms with Crippen molar-refractivity contribution in [2.75, 3.05) is 13.7 Å². The molecule has 2 bridgehead atoms. The number of hydrogen-bond acceptors (Lipinski definition) is 5. The molecule has 6 rings (SSSR count). The number of hydrogen-bond donors (Lipinski definition) is 0. The lowest BCUT2D eigenvalue weighted by atomic mass is 9.63. The van der Waals surface area contributed by atoms with Gasteiger partial charge in [0.15, 0.2) is 11.5 Å². The van der Waals surface area contributed by atoms with Gasteiger partial charge in [-0.05, 0) is 70.6 Å². The van der Waals surface area contributed by atoms with Gasteiger partial charge in [-0.25, -0.2) is 0 Å². The largest absolute Gasteiger partial charge is 0.493 e. The maximum atomic E-state index is 13.0. The summed E-state index contributed by atoms with van der Waals surface area (Å²) in [5.41, 5.74) is 0.714. The molecule has 1 heterocycles. The van der Waals surface area contributed by atoms with E-state index in [0.717, 1.165) is 15.9 Å². The fraction of sp³-hybridized carbons (Fsp3) is 0.476. The molecule has 2 saturated carbocycles. The first-order chi connectivity index (χ1) is 13.5. The van der Waals surface area contributed by atoms with Gasteiger partial charge in [-0.15, -0.1) is 0 Å². The van der Waals surface area contributed by atoms with Gasteiger partial charge >= 0.3 is 0 Å². The Labute approximate surface area is 171 Å². The minimum atomic E-state index is -0.231. The van der Waals surface area contributed by atoms with Crippen LogP contribution in [-0.4, -0.2) is 36.8 Å². The molecule has 6 atom stereocenters. The second-order valence-electron chi connectivity index (χ2n) is 7.85. The van der Waals surface area contributed by atoms with Crippen molar-refractivity contribution in [2.24, 2.45) is 40.6 Å². The molecule has 6 nitrogen and oxygen atoms in total. The molecule has 146 valence electrons. The van der Waals surface area contributed by atoms with Crippen LogP contribution in [0.3, 0.4) is 0 Å². The highest BCUT2D eigenvalue weighted by Crippen LogP contribution is 2.65. The first-order valence-electron chi connectivity index (χ1n) is 9.65. The third kappa shape index (κ3) is 2.48. The van der Waals surface area contributed by atoms with E-state index in [0.29, 0.717) is 35.5 Å². The molecule has 1 aliphatic heterocycles. The molecule has 2 amide bonds. The van der Waals surface area contributed by atoms with Gasteiger partial charge in [-0.2, -0.15) is 10.1 Å². The Kier molecular flexibility index (Phi) is 4.12. The molecule has 0 N–H and O–H groups in total. The van der Waals surface area contributed by atoms with Crippen molar-refractivity contribution in [3.05, 3.63) is 34.3 Å². The average molecular weight is 445 g/mol. The van der Waals surface area contributed by atoms with Crippen LogP contribution in [0.1, 0.15) is 18.9 Å². The molecule has 28 heavy (non-hydrogen) atoms. The topological polar surface area (TPSA) is 68.2 Å². The van der Waals surface area contributed by atoms with E-state index in [1.807, 2.05) is 13.0 Å². The zero-order valence-electron chi connectivity index (χ0n) is 15.7. The minimum Gasteiger partial charge on any atom is -0.493 e. The van der Waals surface area contributed by atoms with Crippen LogP contribution in [-0.2, 0) is 9.59 Å². The fourth-order valence-electron chi connectivity index (χ4n) is 5.28.